The summed E-state index contributed by atoms with van der Waals surface area (Å²) < 4.78 is 0. The molecule has 0 aliphatic heterocycles. The van der Waals surface area contributed by atoms with Crippen LogP contribution in [-0.2, 0) is 40.0 Å². The quantitative estimate of drug-likeness (QED) is 0.0805. The summed E-state index contributed by atoms with van der Waals surface area (Å²) in [6.45, 7) is -2.11. The smallest absolute Gasteiger partial charge is 0.303 e. The summed E-state index contributed by atoms with van der Waals surface area (Å²) in [5.41, 5.74) is 5.28. The number of nitrogens with two attached hydrogens (primary N) is 1. The van der Waals surface area contributed by atoms with Crippen molar-refractivity contribution in [3.8, 4) is 0 Å². The molecule has 0 spiro atoms. The number of non-ortho nitro benzene ring substituents is 1. The second kappa shape index (κ2) is 15.8. The minimum Gasteiger partial charge on any atom is -0.481 e. The van der Waals surface area contributed by atoms with Crippen LogP contribution in [-0.4, -0.2) is 83.7 Å². The molecule has 0 saturated carbocycles. The Kier molecular flexibility index (Phi) is 12.9. The first-order valence-corrected chi connectivity index (χ1v) is 11.0. The number of nitrogens with zero attached hydrogens (tertiary/aromatic N) is 1. The van der Waals surface area contributed by atoms with E-state index < -0.39 is 85.0 Å². The molecule has 1 atom stereocenters. The van der Waals surface area contributed by atoms with Crippen molar-refractivity contribution in [2.45, 2.75) is 25.3 Å². The van der Waals surface area contributed by atoms with Crippen molar-refractivity contribution in [1.82, 2.24) is 26.6 Å². The van der Waals surface area contributed by atoms with Gasteiger partial charge in [-0.05, 0) is 5.56 Å². The molecular formula is C21H27N7O10. The Balaban J connectivity index is 2.55. The van der Waals surface area contributed by atoms with Crippen molar-refractivity contribution in [3.05, 3.63) is 39.9 Å². The summed E-state index contributed by atoms with van der Waals surface area (Å²) in [5, 5.41) is 30.5. The molecule has 0 bridgehead atoms. The third kappa shape index (κ3) is 13.1. The number of primary amides is 1. The molecule has 1 unspecified atom stereocenters. The van der Waals surface area contributed by atoms with Crippen molar-refractivity contribution in [3.63, 3.8) is 0 Å². The SMILES string of the molecule is NC(=O)CNC(=O)C(Cc1ccc([N+](=O)[O-])cc1)NC(=O)CNC(=O)CNC(=O)CNC(=O)CCC(=O)O. The first-order valence-electron chi connectivity index (χ1n) is 11.0. The molecular weight excluding hydrogens is 510 g/mol. The molecule has 8 N–H and O–H groups in total. The van der Waals surface area contributed by atoms with Gasteiger partial charge in [0.2, 0.25) is 35.4 Å². The predicted molar refractivity (Wildman–Crippen MR) is 127 cm³/mol. The first-order chi connectivity index (χ1) is 17.9. The van der Waals surface area contributed by atoms with Crippen LogP contribution in [0.1, 0.15) is 18.4 Å². The number of rotatable bonds is 16. The zero-order valence-corrected chi connectivity index (χ0v) is 20.0. The lowest BCUT2D eigenvalue weighted by Gasteiger charge is -2.18. The van der Waals surface area contributed by atoms with Gasteiger partial charge in [0.25, 0.3) is 5.69 Å². The second-order valence-electron chi connectivity index (χ2n) is 7.66. The second-order valence-corrected chi connectivity index (χ2v) is 7.66. The normalized spacial score (nSPS) is 10.8. The van der Waals surface area contributed by atoms with Crippen molar-refractivity contribution < 1.29 is 43.6 Å². The first kappa shape index (κ1) is 30.9. The Morgan fingerprint density at radius 3 is 1.82 bits per heavy atom. The van der Waals surface area contributed by atoms with Crippen LogP contribution < -0.4 is 32.3 Å². The number of benzene rings is 1. The van der Waals surface area contributed by atoms with Gasteiger partial charge in [-0.25, -0.2) is 0 Å². The highest BCUT2D eigenvalue weighted by Gasteiger charge is 2.22. The lowest BCUT2D eigenvalue weighted by molar-refractivity contribution is -0.384. The van der Waals surface area contributed by atoms with Gasteiger partial charge in [-0.3, -0.25) is 43.7 Å². The molecule has 17 nitrogen and oxygen atoms in total. The average Bonchev–Trinajstić information content (AvgIpc) is 2.86. The molecule has 206 valence electrons. The fourth-order valence-corrected chi connectivity index (χ4v) is 2.71. The standard InChI is InChI=1S/C21H27N7O10/c22-15(29)8-26-21(36)14(7-12-1-3-13(4-2-12)28(37)38)27-19(33)11-25-18(32)10-24-17(31)9-23-16(30)5-6-20(34)35/h1-4,14H,5-11H2,(H2,22,29)(H,23,30)(H,24,31)(H,25,32)(H,26,36)(H,27,33)(H,34,35). The van der Waals surface area contributed by atoms with Crippen molar-refractivity contribution in [2.75, 3.05) is 26.2 Å². The fraction of sp³-hybridized carbons (Fsp3) is 0.381. The number of carboxylic acid groups (broad SMARTS) is 1. The molecule has 0 saturated heterocycles. The number of nitro benzene ring substituents is 1. The van der Waals surface area contributed by atoms with E-state index in [1.807, 2.05) is 0 Å². The lowest BCUT2D eigenvalue weighted by atomic mass is 10.0. The number of carbonyl (C=O) groups excluding carboxylic acids is 6. The molecule has 0 radical (unpaired) electrons. The van der Waals surface area contributed by atoms with Crippen LogP contribution in [0, 0.1) is 10.1 Å². The van der Waals surface area contributed by atoms with E-state index in [1.165, 1.54) is 24.3 Å². The number of carboxylic acids is 1. The summed E-state index contributed by atoms with van der Waals surface area (Å²) in [6.07, 6.45) is -0.820. The number of hydrogen-bond donors (Lipinski definition) is 7. The topological polar surface area (TPSA) is 269 Å². The number of nitrogens with one attached hydrogen (secondary N) is 5. The molecule has 1 aromatic rings. The zero-order valence-electron chi connectivity index (χ0n) is 20.0. The van der Waals surface area contributed by atoms with Crippen LogP contribution in [0.15, 0.2) is 24.3 Å². The fourth-order valence-electron chi connectivity index (χ4n) is 2.71. The zero-order chi connectivity index (χ0) is 28.7. The maximum Gasteiger partial charge on any atom is 0.303 e. The molecule has 0 heterocycles. The molecule has 1 rings (SSSR count). The highest BCUT2D eigenvalue weighted by Crippen LogP contribution is 2.13. The van der Waals surface area contributed by atoms with Crippen LogP contribution >= 0.6 is 0 Å². The van der Waals surface area contributed by atoms with Crippen LogP contribution in [0.4, 0.5) is 5.69 Å². The van der Waals surface area contributed by atoms with Gasteiger partial charge in [0.05, 0.1) is 37.5 Å². The van der Waals surface area contributed by atoms with Crippen molar-refractivity contribution in [1.29, 1.82) is 0 Å². The monoisotopic (exact) mass is 537 g/mol. The van der Waals surface area contributed by atoms with Crippen LogP contribution in [0.2, 0.25) is 0 Å². The maximum atomic E-state index is 12.4. The maximum absolute atomic E-state index is 12.4. The van der Waals surface area contributed by atoms with E-state index in [0.717, 1.165) is 0 Å². The van der Waals surface area contributed by atoms with E-state index in [-0.39, 0.29) is 18.5 Å². The number of amides is 6. The molecule has 0 aromatic heterocycles. The Morgan fingerprint density at radius 1 is 0.789 bits per heavy atom. The van der Waals surface area contributed by atoms with Gasteiger partial charge in [-0.15, -0.1) is 0 Å². The van der Waals surface area contributed by atoms with Crippen LogP contribution in [0.25, 0.3) is 0 Å². The van der Waals surface area contributed by atoms with Gasteiger partial charge in [-0.2, -0.15) is 0 Å². The lowest BCUT2D eigenvalue weighted by Crippen LogP contribution is -2.52. The molecule has 0 aliphatic carbocycles. The van der Waals surface area contributed by atoms with E-state index in [1.54, 1.807) is 0 Å². The highest BCUT2D eigenvalue weighted by molar-refractivity contribution is 5.93. The molecule has 38 heavy (non-hydrogen) atoms. The minimum absolute atomic E-state index is 0.101. The number of nitro groups is 1. The van der Waals surface area contributed by atoms with Crippen LogP contribution in [0.3, 0.4) is 0 Å². The summed E-state index contributed by atoms with van der Waals surface area (Å²) in [5.74, 6) is -5.72. The minimum atomic E-state index is -1.22. The molecule has 0 aliphatic rings. The largest absolute Gasteiger partial charge is 0.481 e. The summed E-state index contributed by atoms with van der Waals surface area (Å²) >= 11 is 0. The van der Waals surface area contributed by atoms with Gasteiger partial charge in [-0.1, -0.05) is 12.1 Å². The molecule has 1 aromatic carbocycles. The Morgan fingerprint density at radius 2 is 1.32 bits per heavy atom. The van der Waals surface area contributed by atoms with E-state index in [9.17, 15) is 43.7 Å². The van der Waals surface area contributed by atoms with E-state index in [2.05, 4.69) is 26.6 Å². The van der Waals surface area contributed by atoms with E-state index in [0.29, 0.717) is 5.56 Å². The van der Waals surface area contributed by atoms with Gasteiger partial charge in [0.15, 0.2) is 0 Å². The summed E-state index contributed by atoms with van der Waals surface area (Å²) in [4.78, 5) is 91.2. The van der Waals surface area contributed by atoms with Crippen molar-refractivity contribution >= 4 is 47.1 Å². The number of carbonyl (C=O) groups is 7. The van der Waals surface area contributed by atoms with Crippen LogP contribution in [0.5, 0.6) is 0 Å². The number of hydrogen-bond acceptors (Lipinski definition) is 9. The highest BCUT2D eigenvalue weighted by atomic mass is 16.6. The Bertz CT molecular complexity index is 1070. The third-order valence-corrected chi connectivity index (χ3v) is 4.58. The predicted octanol–water partition coefficient (Wildman–Crippen LogP) is -3.56. The molecule has 17 heteroatoms. The van der Waals surface area contributed by atoms with E-state index in [4.69, 9.17) is 10.8 Å². The molecule has 6 amide bonds. The molecule has 0 fully saturated rings. The van der Waals surface area contributed by atoms with Gasteiger partial charge in [0.1, 0.15) is 6.04 Å². The number of aliphatic carboxylic acids is 1. The van der Waals surface area contributed by atoms with Gasteiger partial charge >= 0.3 is 5.97 Å². The summed E-state index contributed by atoms with van der Waals surface area (Å²) in [7, 11) is 0. The Hall–Kier alpha value is -5.09. The Labute approximate surface area is 215 Å². The van der Waals surface area contributed by atoms with Gasteiger partial charge < -0.3 is 37.4 Å². The van der Waals surface area contributed by atoms with Crippen molar-refractivity contribution in [2.24, 2.45) is 5.73 Å². The average molecular weight is 537 g/mol. The van der Waals surface area contributed by atoms with E-state index >= 15 is 0 Å². The van der Waals surface area contributed by atoms with Gasteiger partial charge in [0, 0.05) is 25.0 Å². The third-order valence-electron chi connectivity index (χ3n) is 4.58. The summed E-state index contributed by atoms with van der Waals surface area (Å²) in [6, 6.07) is 3.98.